The Morgan fingerprint density at radius 3 is 2.60 bits per heavy atom. The average Bonchev–Trinajstić information content (AvgIpc) is 2.18. The molecule has 0 unspecified atom stereocenters. The van der Waals surface area contributed by atoms with Gasteiger partial charge in [0.1, 0.15) is 12.1 Å². The summed E-state index contributed by atoms with van der Waals surface area (Å²) in [5.41, 5.74) is 5.73. The van der Waals surface area contributed by atoms with Crippen LogP contribution in [0, 0.1) is 5.92 Å². The van der Waals surface area contributed by atoms with Crippen LogP contribution < -0.4 is 5.73 Å². The Balaban J connectivity index is 2.27. The zero-order chi connectivity index (χ0) is 11.3. The predicted octanol–water partition coefficient (Wildman–Crippen LogP) is 1.08. The van der Waals surface area contributed by atoms with Gasteiger partial charge in [-0.05, 0) is 12.3 Å². The van der Waals surface area contributed by atoms with Crippen molar-refractivity contribution in [3.63, 3.8) is 0 Å². The molecule has 15 heavy (non-hydrogen) atoms. The third-order valence-electron chi connectivity index (χ3n) is 2.48. The van der Waals surface area contributed by atoms with E-state index < -0.39 is 6.04 Å². The molecule has 1 fully saturated rings. The van der Waals surface area contributed by atoms with Gasteiger partial charge in [0.05, 0.1) is 13.2 Å². The summed E-state index contributed by atoms with van der Waals surface area (Å²) in [6.07, 6.45) is 2.27. The number of carbonyl (C=O) groups is 1. The minimum Gasteiger partial charge on any atom is -0.461 e. The zero-order valence-corrected chi connectivity index (χ0v) is 9.57. The smallest absolute Gasteiger partial charge is 0.323 e. The van der Waals surface area contributed by atoms with E-state index in [0.717, 1.165) is 12.8 Å². The van der Waals surface area contributed by atoms with Crippen LogP contribution in [0.15, 0.2) is 0 Å². The van der Waals surface area contributed by atoms with E-state index in [1.54, 1.807) is 0 Å². The number of ether oxygens (including phenoxy) is 2. The molecule has 1 rings (SSSR count). The van der Waals surface area contributed by atoms with Gasteiger partial charge >= 0.3 is 5.97 Å². The highest BCUT2D eigenvalue weighted by molar-refractivity contribution is 5.75. The molecule has 1 saturated heterocycles. The monoisotopic (exact) mass is 215 g/mol. The third-order valence-corrected chi connectivity index (χ3v) is 2.48. The van der Waals surface area contributed by atoms with Crippen LogP contribution in [0.3, 0.4) is 0 Å². The van der Waals surface area contributed by atoms with Crippen molar-refractivity contribution < 1.29 is 14.3 Å². The summed E-state index contributed by atoms with van der Waals surface area (Å²) >= 11 is 0. The van der Waals surface area contributed by atoms with Gasteiger partial charge in [0.2, 0.25) is 0 Å². The van der Waals surface area contributed by atoms with Gasteiger partial charge in [0, 0.05) is 12.8 Å². The number of carbonyl (C=O) groups excluding carboxylic acids is 1. The molecule has 0 aliphatic carbocycles. The van der Waals surface area contributed by atoms with Gasteiger partial charge in [-0.15, -0.1) is 0 Å². The molecule has 1 aliphatic heterocycles. The van der Waals surface area contributed by atoms with Crippen LogP contribution in [0.5, 0.6) is 0 Å². The number of hydrogen-bond donors (Lipinski definition) is 1. The van der Waals surface area contributed by atoms with Crippen LogP contribution in [-0.4, -0.2) is 31.3 Å². The first-order chi connectivity index (χ1) is 7.09. The number of esters is 1. The van der Waals surface area contributed by atoms with Crippen LogP contribution >= 0.6 is 0 Å². The summed E-state index contributed by atoms with van der Waals surface area (Å²) in [6.45, 7) is 5.44. The van der Waals surface area contributed by atoms with Crippen LogP contribution in [0.4, 0.5) is 0 Å². The SMILES string of the molecule is CC(C)C[C@H](N)C(=O)OC1CCOCC1. The fraction of sp³-hybridized carbons (Fsp3) is 0.909. The largest absolute Gasteiger partial charge is 0.461 e. The topological polar surface area (TPSA) is 61.6 Å². The molecule has 1 aliphatic rings. The number of rotatable bonds is 4. The number of hydrogen-bond acceptors (Lipinski definition) is 4. The summed E-state index contributed by atoms with van der Waals surface area (Å²) in [5.74, 6) is 0.151. The summed E-state index contributed by atoms with van der Waals surface area (Å²) in [6, 6.07) is -0.479. The maximum atomic E-state index is 11.6. The second kappa shape index (κ2) is 6.08. The van der Waals surface area contributed by atoms with Crippen LogP contribution in [-0.2, 0) is 14.3 Å². The van der Waals surface area contributed by atoms with Gasteiger partial charge in [0.25, 0.3) is 0 Å². The van der Waals surface area contributed by atoms with E-state index in [1.807, 2.05) is 13.8 Å². The van der Waals surface area contributed by atoms with Gasteiger partial charge < -0.3 is 15.2 Å². The number of nitrogens with two attached hydrogens (primary N) is 1. The molecule has 2 N–H and O–H groups in total. The molecule has 4 heteroatoms. The van der Waals surface area contributed by atoms with Crippen molar-refractivity contribution in [2.24, 2.45) is 11.7 Å². The fourth-order valence-electron chi connectivity index (χ4n) is 1.65. The highest BCUT2D eigenvalue weighted by Crippen LogP contribution is 2.12. The highest BCUT2D eigenvalue weighted by Gasteiger charge is 2.22. The lowest BCUT2D eigenvalue weighted by atomic mass is 10.0. The van der Waals surface area contributed by atoms with E-state index in [9.17, 15) is 4.79 Å². The molecule has 0 aromatic carbocycles. The molecule has 0 amide bonds. The molecule has 0 bridgehead atoms. The Hall–Kier alpha value is -0.610. The average molecular weight is 215 g/mol. The summed E-state index contributed by atoms with van der Waals surface area (Å²) in [5, 5.41) is 0. The second-order valence-corrected chi connectivity index (χ2v) is 4.48. The summed E-state index contributed by atoms with van der Waals surface area (Å²) in [7, 11) is 0. The Labute approximate surface area is 91.1 Å². The normalized spacial score (nSPS) is 20.3. The van der Waals surface area contributed by atoms with Gasteiger partial charge in [-0.25, -0.2) is 0 Å². The minimum absolute atomic E-state index is 0.00413. The second-order valence-electron chi connectivity index (χ2n) is 4.48. The Morgan fingerprint density at radius 2 is 2.07 bits per heavy atom. The molecule has 0 aromatic heterocycles. The molecule has 4 nitrogen and oxygen atoms in total. The van der Waals surface area contributed by atoms with E-state index in [2.05, 4.69) is 0 Å². The van der Waals surface area contributed by atoms with Gasteiger partial charge in [-0.2, -0.15) is 0 Å². The first-order valence-corrected chi connectivity index (χ1v) is 5.63. The summed E-state index contributed by atoms with van der Waals surface area (Å²) in [4.78, 5) is 11.6. The standard InChI is InChI=1S/C11H21NO3/c1-8(2)7-10(12)11(13)15-9-3-5-14-6-4-9/h8-10H,3-7,12H2,1-2H3/t10-/m0/s1. The Morgan fingerprint density at radius 1 is 1.47 bits per heavy atom. The molecule has 1 atom stereocenters. The van der Waals surface area contributed by atoms with Crippen molar-refractivity contribution in [1.82, 2.24) is 0 Å². The third kappa shape index (κ3) is 4.62. The van der Waals surface area contributed by atoms with Crippen molar-refractivity contribution in [3.05, 3.63) is 0 Å². The van der Waals surface area contributed by atoms with E-state index in [0.29, 0.717) is 25.6 Å². The summed E-state index contributed by atoms with van der Waals surface area (Å²) < 4.78 is 10.5. The van der Waals surface area contributed by atoms with Gasteiger partial charge in [-0.3, -0.25) is 4.79 Å². The Kier molecular flexibility index (Phi) is 5.05. The zero-order valence-electron chi connectivity index (χ0n) is 9.57. The molecule has 0 spiro atoms. The molecule has 88 valence electrons. The maximum Gasteiger partial charge on any atom is 0.323 e. The van der Waals surface area contributed by atoms with E-state index in [4.69, 9.17) is 15.2 Å². The van der Waals surface area contributed by atoms with Crippen LogP contribution in [0.1, 0.15) is 33.1 Å². The first kappa shape index (κ1) is 12.5. The van der Waals surface area contributed by atoms with Crippen molar-refractivity contribution >= 4 is 5.97 Å². The van der Waals surface area contributed by atoms with Crippen LogP contribution in [0.2, 0.25) is 0 Å². The minimum atomic E-state index is -0.479. The predicted molar refractivity (Wildman–Crippen MR) is 57.4 cm³/mol. The maximum absolute atomic E-state index is 11.6. The first-order valence-electron chi connectivity index (χ1n) is 5.63. The van der Waals surface area contributed by atoms with E-state index >= 15 is 0 Å². The lowest BCUT2D eigenvalue weighted by molar-refractivity contribution is -0.155. The van der Waals surface area contributed by atoms with E-state index in [1.165, 1.54) is 0 Å². The van der Waals surface area contributed by atoms with Crippen LogP contribution in [0.25, 0.3) is 0 Å². The van der Waals surface area contributed by atoms with Gasteiger partial charge in [0.15, 0.2) is 0 Å². The van der Waals surface area contributed by atoms with Crippen molar-refractivity contribution in [1.29, 1.82) is 0 Å². The molecule has 0 radical (unpaired) electrons. The Bertz CT molecular complexity index is 200. The van der Waals surface area contributed by atoms with Crippen molar-refractivity contribution in [2.75, 3.05) is 13.2 Å². The van der Waals surface area contributed by atoms with Crippen molar-refractivity contribution in [2.45, 2.75) is 45.3 Å². The molecular weight excluding hydrogens is 194 g/mol. The lowest BCUT2D eigenvalue weighted by Gasteiger charge is -2.24. The molecule has 0 saturated carbocycles. The molecule has 1 heterocycles. The highest BCUT2D eigenvalue weighted by atomic mass is 16.6. The van der Waals surface area contributed by atoms with Gasteiger partial charge in [-0.1, -0.05) is 13.8 Å². The fourth-order valence-corrected chi connectivity index (χ4v) is 1.65. The molecular formula is C11H21NO3. The quantitative estimate of drug-likeness (QED) is 0.713. The van der Waals surface area contributed by atoms with E-state index in [-0.39, 0.29) is 12.1 Å². The lowest BCUT2D eigenvalue weighted by Crippen LogP contribution is -2.37. The van der Waals surface area contributed by atoms with Crippen molar-refractivity contribution in [3.8, 4) is 0 Å². The molecule has 0 aromatic rings.